The lowest BCUT2D eigenvalue weighted by Gasteiger charge is -2.25. The van der Waals surface area contributed by atoms with Gasteiger partial charge in [0.25, 0.3) is 0 Å². The molecule has 0 radical (unpaired) electrons. The maximum Gasteiger partial charge on any atom is 0.220 e. The third kappa shape index (κ3) is 5.90. The number of halogens is 2. The van der Waals surface area contributed by atoms with Gasteiger partial charge in [0.1, 0.15) is 0 Å². The normalized spacial score (nSPS) is 14.5. The molecule has 3 heterocycles. The predicted octanol–water partition coefficient (Wildman–Crippen LogP) is 7.44. The minimum absolute atomic E-state index is 0.531. The number of thiophene rings is 1. The van der Waals surface area contributed by atoms with Crippen LogP contribution in [0.5, 0.6) is 0 Å². The van der Waals surface area contributed by atoms with Crippen molar-refractivity contribution < 1.29 is 0 Å². The number of nitrogens with zero attached hydrogens (tertiary/aromatic N) is 5. The highest BCUT2D eigenvalue weighted by Crippen LogP contribution is 2.34. The number of nitrogens with one attached hydrogen (secondary N) is 1. The molecule has 6 nitrogen and oxygen atoms in total. The van der Waals surface area contributed by atoms with E-state index in [1.54, 1.807) is 16.0 Å². The summed E-state index contributed by atoms with van der Waals surface area (Å²) < 4.78 is 4.25. The zero-order valence-electron chi connectivity index (χ0n) is 19.6. The molecular weight excluding hydrogens is 531 g/mol. The molecule has 0 atom stereocenters. The third-order valence-electron chi connectivity index (χ3n) is 6.10. The molecule has 1 aliphatic rings. The Morgan fingerprint density at radius 3 is 2.53 bits per heavy atom. The lowest BCUT2D eigenvalue weighted by Crippen LogP contribution is -2.32. The molecule has 0 unspecified atom stereocenters. The molecule has 2 aromatic heterocycles. The molecule has 1 N–H and O–H groups in total. The second-order valence-corrected chi connectivity index (χ2v) is 10.8. The average Bonchev–Trinajstić information content (AvgIpc) is 3.50. The van der Waals surface area contributed by atoms with Gasteiger partial charge in [-0.3, -0.25) is 4.90 Å². The molecule has 0 bridgehead atoms. The largest absolute Gasteiger partial charge is 0.353 e. The smallest absolute Gasteiger partial charge is 0.220 e. The molecule has 2 aromatic carbocycles. The Morgan fingerprint density at radius 1 is 1.00 bits per heavy atom. The Labute approximate surface area is 229 Å². The molecular formula is C26H26Cl2N6S2. The summed E-state index contributed by atoms with van der Waals surface area (Å²) in [4.78, 5) is 3.46. The molecule has 0 amide bonds. The van der Waals surface area contributed by atoms with E-state index in [9.17, 15) is 0 Å². The summed E-state index contributed by atoms with van der Waals surface area (Å²) in [5.41, 5.74) is 2.61. The minimum atomic E-state index is 0.531. The highest BCUT2D eigenvalue weighted by molar-refractivity contribution is 7.71. The van der Waals surface area contributed by atoms with Gasteiger partial charge in [-0.1, -0.05) is 60.0 Å². The number of aromatic nitrogens is 3. The van der Waals surface area contributed by atoms with Crippen LogP contribution in [0.4, 0.5) is 11.4 Å². The van der Waals surface area contributed by atoms with Gasteiger partial charge in [0.05, 0.1) is 28.6 Å². The van der Waals surface area contributed by atoms with Gasteiger partial charge in [-0.15, -0.1) is 11.3 Å². The van der Waals surface area contributed by atoms with Crippen molar-refractivity contribution in [1.82, 2.24) is 19.4 Å². The van der Waals surface area contributed by atoms with Crippen LogP contribution in [0.15, 0.2) is 65.1 Å². The molecule has 0 spiro atoms. The lowest BCUT2D eigenvalue weighted by molar-refractivity contribution is 0.172. The fraction of sp³-hybridized carbons (Fsp3) is 0.269. The first-order chi connectivity index (χ1) is 17.6. The summed E-state index contributed by atoms with van der Waals surface area (Å²) in [6, 6.07) is 17.6. The van der Waals surface area contributed by atoms with Crippen LogP contribution < -0.4 is 5.32 Å². The quantitative estimate of drug-likeness (QED) is 0.181. The number of piperidine rings is 1. The summed E-state index contributed by atoms with van der Waals surface area (Å²) in [5, 5.41) is 16.2. The van der Waals surface area contributed by atoms with E-state index in [1.807, 2.05) is 64.8 Å². The number of anilines is 2. The molecule has 0 saturated carbocycles. The molecule has 1 saturated heterocycles. The first-order valence-electron chi connectivity index (χ1n) is 11.9. The third-order valence-corrected chi connectivity index (χ3v) is 7.92. The van der Waals surface area contributed by atoms with Crippen molar-refractivity contribution in [2.24, 2.45) is 5.10 Å². The summed E-state index contributed by atoms with van der Waals surface area (Å²) in [6.07, 6.45) is 6.07. The van der Waals surface area contributed by atoms with Crippen molar-refractivity contribution in [2.75, 3.05) is 18.4 Å². The Bertz CT molecular complexity index is 1380. The van der Waals surface area contributed by atoms with Gasteiger partial charge >= 0.3 is 0 Å². The summed E-state index contributed by atoms with van der Waals surface area (Å²) >= 11 is 20.3. The number of rotatable bonds is 8. The van der Waals surface area contributed by atoms with Crippen molar-refractivity contribution in [1.29, 1.82) is 0 Å². The van der Waals surface area contributed by atoms with Crippen molar-refractivity contribution >= 4 is 64.3 Å². The molecule has 4 aromatic rings. The summed E-state index contributed by atoms with van der Waals surface area (Å²) in [6.45, 7) is 2.80. The first kappa shape index (κ1) is 25.2. The molecule has 0 aliphatic carbocycles. The van der Waals surface area contributed by atoms with Crippen molar-refractivity contribution in [3.05, 3.63) is 91.1 Å². The van der Waals surface area contributed by atoms with E-state index in [0.29, 0.717) is 33.6 Å². The molecule has 5 rings (SSSR count). The monoisotopic (exact) mass is 556 g/mol. The van der Waals surface area contributed by atoms with Gasteiger partial charge in [0.15, 0.2) is 5.82 Å². The van der Waals surface area contributed by atoms with Crippen molar-refractivity contribution in [2.45, 2.75) is 32.4 Å². The minimum Gasteiger partial charge on any atom is -0.353 e. The number of hydrogen-bond donors (Lipinski definition) is 1. The van der Waals surface area contributed by atoms with E-state index in [-0.39, 0.29) is 0 Å². The van der Waals surface area contributed by atoms with E-state index in [1.165, 1.54) is 19.3 Å². The van der Waals surface area contributed by atoms with Gasteiger partial charge in [-0.25, -0.2) is 4.68 Å². The van der Waals surface area contributed by atoms with Crippen LogP contribution in [-0.2, 0) is 13.1 Å². The average molecular weight is 558 g/mol. The Balaban J connectivity index is 1.48. The van der Waals surface area contributed by atoms with Gasteiger partial charge in [0.2, 0.25) is 4.77 Å². The van der Waals surface area contributed by atoms with Gasteiger partial charge in [0, 0.05) is 17.0 Å². The van der Waals surface area contributed by atoms with Crippen LogP contribution in [0.3, 0.4) is 0 Å². The van der Waals surface area contributed by atoms with Crippen molar-refractivity contribution in [3.63, 3.8) is 0 Å². The highest BCUT2D eigenvalue weighted by Gasteiger charge is 2.17. The second kappa shape index (κ2) is 11.7. The Morgan fingerprint density at radius 2 is 1.78 bits per heavy atom. The Hall–Kier alpha value is -2.49. The number of para-hydroxylation sites is 2. The number of hydrogen-bond acceptors (Lipinski definition) is 6. The van der Waals surface area contributed by atoms with E-state index in [2.05, 4.69) is 16.3 Å². The maximum absolute atomic E-state index is 6.42. The predicted molar refractivity (Wildman–Crippen MR) is 153 cm³/mol. The standard InChI is InChI=1S/C26H26Cl2N6S2/c27-21-10-6-11-22(28)25(21)30-23-12-3-2-8-19(23)16-24-31-33(18-32-13-4-1-5-14-32)26(35)34(24)29-17-20-9-7-15-36-20/h2-3,6-12,15,17,30H,1,4-5,13-14,16,18H2/b29-17+. The zero-order chi connectivity index (χ0) is 24.9. The Kier molecular flexibility index (Phi) is 8.19. The molecule has 1 fully saturated rings. The second-order valence-electron chi connectivity index (χ2n) is 8.65. The van der Waals surface area contributed by atoms with Gasteiger partial charge < -0.3 is 5.32 Å². The molecule has 186 valence electrons. The number of likely N-dealkylation sites (tertiary alicyclic amines) is 1. The van der Waals surface area contributed by atoms with Crippen LogP contribution >= 0.6 is 46.8 Å². The summed E-state index contributed by atoms with van der Waals surface area (Å²) in [5.74, 6) is 0.768. The van der Waals surface area contributed by atoms with Crippen LogP contribution in [0.25, 0.3) is 0 Å². The number of benzene rings is 2. The van der Waals surface area contributed by atoms with Crippen molar-refractivity contribution in [3.8, 4) is 0 Å². The van der Waals surface area contributed by atoms with Crippen LogP contribution in [0.1, 0.15) is 35.5 Å². The first-order valence-corrected chi connectivity index (χ1v) is 13.9. The van der Waals surface area contributed by atoms with Crippen LogP contribution in [0.2, 0.25) is 10.0 Å². The SMILES string of the molecule is S=c1n(CN2CCCCC2)nc(Cc2ccccc2Nc2c(Cl)cccc2Cl)n1/N=C/c1cccs1. The lowest BCUT2D eigenvalue weighted by atomic mass is 10.1. The topological polar surface area (TPSA) is 50.4 Å². The van der Waals surface area contributed by atoms with Crippen LogP contribution in [-0.4, -0.2) is 38.7 Å². The molecule has 1 aliphatic heterocycles. The van der Waals surface area contributed by atoms with E-state index >= 15 is 0 Å². The van der Waals surface area contributed by atoms with Crippen LogP contribution in [0, 0.1) is 4.77 Å². The van der Waals surface area contributed by atoms with E-state index < -0.39 is 0 Å². The van der Waals surface area contributed by atoms with E-state index in [0.717, 1.165) is 35.0 Å². The zero-order valence-corrected chi connectivity index (χ0v) is 22.8. The summed E-state index contributed by atoms with van der Waals surface area (Å²) in [7, 11) is 0. The highest BCUT2D eigenvalue weighted by atomic mass is 35.5. The fourth-order valence-corrected chi connectivity index (χ4v) is 5.57. The van der Waals surface area contributed by atoms with E-state index in [4.69, 9.17) is 45.6 Å². The maximum atomic E-state index is 6.42. The van der Waals surface area contributed by atoms with Gasteiger partial charge in [-0.05, 0) is 73.4 Å². The fourth-order valence-electron chi connectivity index (χ4n) is 4.25. The molecule has 10 heteroatoms. The van der Waals surface area contributed by atoms with Gasteiger partial charge in [-0.2, -0.15) is 14.9 Å². The molecule has 36 heavy (non-hydrogen) atoms.